The van der Waals surface area contributed by atoms with E-state index >= 15 is 0 Å². The summed E-state index contributed by atoms with van der Waals surface area (Å²) in [6.45, 7) is 6.72. The number of halogens is 3. The van der Waals surface area contributed by atoms with Gasteiger partial charge >= 0.3 is 6.36 Å². The molecule has 0 spiro atoms. The summed E-state index contributed by atoms with van der Waals surface area (Å²) < 4.78 is 41.4. The van der Waals surface area contributed by atoms with Crippen LogP contribution in [0.2, 0.25) is 0 Å². The number of alkyl halides is 3. The Kier molecular flexibility index (Phi) is 8.59. The molecule has 0 saturated carbocycles. The molecule has 2 aromatic carbocycles. The maximum absolute atomic E-state index is 13.1. The van der Waals surface area contributed by atoms with Gasteiger partial charge in [0.25, 0.3) is 5.91 Å². The molecule has 0 aliphatic carbocycles. The van der Waals surface area contributed by atoms with Crippen LogP contribution in [0.25, 0.3) is 11.1 Å². The van der Waals surface area contributed by atoms with Crippen LogP contribution in [-0.2, 0) is 6.54 Å². The van der Waals surface area contributed by atoms with Crippen molar-refractivity contribution in [3.8, 4) is 16.9 Å². The molecule has 9 heteroatoms. The van der Waals surface area contributed by atoms with Crippen LogP contribution >= 0.6 is 0 Å². The molecule has 1 aromatic heterocycles. The molecule has 6 nitrogen and oxygen atoms in total. The number of nitrogens with zero attached hydrogens (tertiary/aromatic N) is 3. The van der Waals surface area contributed by atoms with Gasteiger partial charge in [0.05, 0.1) is 0 Å². The first-order chi connectivity index (χ1) is 19.2. The number of piperidine rings is 2. The zero-order valence-corrected chi connectivity index (χ0v) is 22.7. The molecule has 2 aliphatic rings. The van der Waals surface area contributed by atoms with Gasteiger partial charge in [-0.05, 0) is 91.6 Å². The number of hydrogen-bond donors (Lipinski definition) is 1. The summed E-state index contributed by atoms with van der Waals surface area (Å²) in [6, 6.07) is 15.5. The highest BCUT2D eigenvalue weighted by molar-refractivity contribution is 5.96. The minimum Gasteiger partial charge on any atom is -0.406 e. The fraction of sp³-hybridized carbons (Fsp3) is 0.419. The van der Waals surface area contributed by atoms with Gasteiger partial charge in [0.15, 0.2) is 0 Å². The molecule has 5 rings (SSSR count). The highest BCUT2D eigenvalue weighted by Gasteiger charge is 2.31. The minimum absolute atomic E-state index is 0.0897. The molecular formula is C31H35F3N4O2. The molecule has 0 unspecified atom stereocenters. The lowest BCUT2D eigenvalue weighted by atomic mass is 9.97. The van der Waals surface area contributed by atoms with Crippen LogP contribution < -0.4 is 15.0 Å². The van der Waals surface area contributed by atoms with E-state index in [1.54, 1.807) is 24.3 Å². The summed E-state index contributed by atoms with van der Waals surface area (Å²) in [7, 11) is 0. The van der Waals surface area contributed by atoms with Crippen LogP contribution in [0.15, 0.2) is 60.8 Å². The number of carbonyl (C=O) groups is 1. The normalized spacial score (nSPS) is 17.1. The molecular weight excluding hydrogens is 517 g/mol. The van der Waals surface area contributed by atoms with E-state index in [4.69, 9.17) is 4.98 Å². The molecule has 3 aromatic rings. The number of pyridine rings is 1. The summed E-state index contributed by atoms with van der Waals surface area (Å²) in [4.78, 5) is 22.5. The molecule has 2 saturated heterocycles. The smallest absolute Gasteiger partial charge is 0.406 e. The van der Waals surface area contributed by atoms with Crippen LogP contribution in [0, 0.1) is 6.92 Å². The summed E-state index contributed by atoms with van der Waals surface area (Å²) >= 11 is 0. The maximum atomic E-state index is 13.1. The lowest BCUT2D eigenvalue weighted by molar-refractivity contribution is -0.274. The molecule has 212 valence electrons. The fourth-order valence-electron chi connectivity index (χ4n) is 5.49. The maximum Gasteiger partial charge on any atom is 0.573 e. The van der Waals surface area contributed by atoms with E-state index in [1.807, 2.05) is 19.2 Å². The number of aromatic nitrogens is 1. The molecule has 1 amide bonds. The SMILES string of the molecule is Cc1ccc(C(=O)NC2CCN(Cc3ccc(N4CCCCC4)nc3)CC2)cc1-c1ccc(OC(F)(F)F)cc1. The minimum atomic E-state index is -4.74. The number of likely N-dealkylation sites (tertiary alicyclic amines) is 1. The van der Waals surface area contributed by atoms with Crippen LogP contribution in [0.5, 0.6) is 5.75 Å². The standard InChI is InChI=1S/C31H35F3N4O2/c1-22-5-7-25(19-28(22)24-8-10-27(11-9-24)40-31(32,33)34)30(39)36-26-13-17-37(18-14-26)21-23-6-12-29(35-20-23)38-15-3-2-4-16-38/h5-12,19-20,26H,2-4,13-18,21H2,1H3,(H,36,39). The van der Waals surface area contributed by atoms with Gasteiger partial charge < -0.3 is 15.0 Å². The zero-order chi connectivity index (χ0) is 28.1. The Labute approximate surface area is 233 Å². The van der Waals surface area contributed by atoms with E-state index in [0.717, 1.165) is 62.5 Å². The first-order valence-corrected chi connectivity index (χ1v) is 13.9. The highest BCUT2D eigenvalue weighted by atomic mass is 19.4. The van der Waals surface area contributed by atoms with Crippen molar-refractivity contribution in [3.05, 3.63) is 77.5 Å². The number of aryl methyl sites for hydroxylation is 1. The van der Waals surface area contributed by atoms with Crippen molar-refractivity contribution in [2.45, 2.75) is 58.0 Å². The van der Waals surface area contributed by atoms with Gasteiger partial charge in [0.1, 0.15) is 11.6 Å². The molecule has 40 heavy (non-hydrogen) atoms. The lowest BCUT2D eigenvalue weighted by Gasteiger charge is -2.32. The number of benzene rings is 2. The predicted molar refractivity (Wildman–Crippen MR) is 149 cm³/mol. The highest BCUT2D eigenvalue weighted by Crippen LogP contribution is 2.29. The number of rotatable bonds is 7. The van der Waals surface area contributed by atoms with E-state index in [-0.39, 0.29) is 17.7 Å². The Balaban J connectivity index is 1.13. The summed E-state index contributed by atoms with van der Waals surface area (Å²) in [6.07, 6.45) is 2.76. The molecule has 1 N–H and O–H groups in total. The van der Waals surface area contributed by atoms with E-state index < -0.39 is 6.36 Å². The first kappa shape index (κ1) is 28.0. The van der Waals surface area contributed by atoms with Gasteiger partial charge in [-0.2, -0.15) is 0 Å². The second-order valence-electron chi connectivity index (χ2n) is 10.7. The van der Waals surface area contributed by atoms with Gasteiger partial charge in [0, 0.05) is 50.5 Å². The average Bonchev–Trinajstić information content (AvgIpc) is 2.95. The van der Waals surface area contributed by atoms with E-state index in [9.17, 15) is 18.0 Å². The monoisotopic (exact) mass is 552 g/mol. The van der Waals surface area contributed by atoms with E-state index in [0.29, 0.717) is 11.1 Å². The van der Waals surface area contributed by atoms with Gasteiger partial charge in [0.2, 0.25) is 0 Å². The second kappa shape index (κ2) is 12.3. The third-order valence-corrected chi connectivity index (χ3v) is 7.72. The molecule has 2 fully saturated rings. The van der Waals surface area contributed by atoms with Gasteiger partial charge in [-0.3, -0.25) is 9.69 Å². The van der Waals surface area contributed by atoms with Crippen molar-refractivity contribution >= 4 is 11.7 Å². The number of carbonyl (C=O) groups excluding carboxylic acids is 1. The van der Waals surface area contributed by atoms with Crippen molar-refractivity contribution in [1.29, 1.82) is 0 Å². The largest absolute Gasteiger partial charge is 0.573 e. The molecule has 2 aliphatic heterocycles. The van der Waals surface area contributed by atoms with Crippen LogP contribution in [0.4, 0.5) is 19.0 Å². The van der Waals surface area contributed by atoms with Crippen LogP contribution in [-0.4, -0.2) is 54.4 Å². The Morgan fingerprint density at radius 1 is 0.975 bits per heavy atom. The van der Waals surface area contributed by atoms with Gasteiger partial charge in [-0.1, -0.05) is 24.3 Å². The second-order valence-corrected chi connectivity index (χ2v) is 10.7. The predicted octanol–water partition coefficient (Wildman–Crippen LogP) is 6.34. The van der Waals surface area contributed by atoms with Crippen molar-refractivity contribution in [1.82, 2.24) is 15.2 Å². The third kappa shape index (κ3) is 7.33. The number of amides is 1. The summed E-state index contributed by atoms with van der Waals surface area (Å²) in [5, 5.41) is 3.17. The van der Waals surface area contributed by atoms with Crippen molar-refractivity contribution in [3.63, 3.8) is 0 Å². The van der Waals surface area contributed by atoms with Gasteiger partial charge in [-0.25, -0.2) is 4.98 Å². The van der Waals surface area contributed by atoms with Crippen molar-refractivity contribution < 1.29 is 22.7 Å². The van der Waals surface area contributed by atoms with Crippen LogP contribution in [0.3, 0.4) is 0 Å². The molecule has 3 heterocycles. The number of nitrogens with one attached hydrogen (secondary N) is 1. The Bertz CT molecular complexity index is 1280. The van der Waals surface area contributed by atoms with Gasteiger partial charge in [-0.15, -0.1) is 13.2 Å². The topological polar surface area (TPSA) is 57.7 Å². The third-order valence-electron chi connectivity index (χ3n) is 7.72. The first-order valence-electron chi connectivity index (χ1n) is 13.9. The summed E-state index contributed by atoms with van der Waals surface area (Å²) in [5.41, 5.74) is 4.16. The van der Waals surface area contributed by atoms with Crippen molar-refractivity contribution in [2.24, 2.45) is 0 Å². The Morgan fingerprint density at radius 2 is 1.70 bits per heavy atom. The lowest BCUT2D eigenvalue weighted by Crippen LogP contribution is -2.44. The van der Waals surface area contributed by atoms with Crippen LogP contribution in [0.1, 0.15) is 53.6 Å². The van der Waals surface area contributed by atoms with E-state index in [1.165, 1.54) is 37.0 Å². The fourth-order valence-corrected chi connectivity index (χ4v) is 5.49. The number of ether oxygens (including phenoxy) is 1. The molecule has 0 atom stereocenters. The van der Waals surface area contributed by atoms with Crippen molar-refractivity contribution in [2.75, 3.05) is 31.1 Å². The quantitative estimate of drug-likeness (QED) is 0.371. The van der Waals surface area contributed by atoms with E-state index in [2.05, 4.69) is 32.0 Å². The zero-order valence-electron chi connectivity index (χ0n) is 22.7. The number of anilines is 1. The molecule has 0 radical (unpaired) electrons. The Hall–Kier alpha value is -3.59. The summed E-state index contributed by atoms with van der Waals surface area (Å²) in [5.74, 6) is 0.644. The Morgan fingerprint density at radius 3 is 2.35 bits per heavy atom. The average molecular weight is 553 g/mol. The molecule has 0 bridgehead atoms. The number of hydrogen-bond acceptors (Lipinski definition) is 5.